The van der Waals surface area contributed by atoms with Crippen molar-refractivity contribution < 1.29 is 14.3 Å². The molecule has 0 aliphatic rings. The number of aliphatic carboxylic acids is 1. The highest BCUT2D eigenvalue weighted by molar-refractivity contribution is 5.82. The SMILES string of the molecule is CCCCC(C(=O)O)c1cc2cc(C)ccc2o1. The molecule has 96 valence electrons. The predicted molar refractivity (Wildman–Crippen MR) is 70.9 cm³/mol. The highest BCUT2D eigenvalue weighted by atomic mass is 16.4. The third-order valence-corrected chi connectivity index (χ3v) is 3.18. The van der Waals surface area contributed by atoms with Gasteiger partial charge in [-0.1, -0.05) is 31.4 Å². The number of hydrogen-bond acceptors (Lipinski definition) is 2. The Balaban J connectivity index is 2.35. The Hall–Kier alpha value is -1.77. The fraction of sp³-hybridized carbons (Fsp3) is 0.400. The van der Waals surface area contributed by atoms with E-state index in [2.05, 4.69) is 6.92 Å². The normalized spacial score (nSPS) is 12.8. The monoisotopic (exact) mass is 246 g/mol. The van der Waals surface area contributed by atoms with E-state index in [-0.39, 0.29) is 0 Å². The second-order valence-corrected chi connectivity index (χ2v) is 4.72. The minimum Gasteiger partial charge on any atom is -0.481 e. The molecule has 0 amide bonds. The van der Waals surface area contributed by atoms with Crippen LogP contribution in [0.4, 0.5) is 0 Å². The Morgan fingerprint density at radius 1 is 1.39 bits per heavy atom. The first-order valence-electron chi connectivity index (χ1n) is 6.34. The van der Waals surface area contributed by atoms with Crippen molar-refractivity contribution >= 4 is 16.9 Å². The predicted octanol–water partition coefficient (Wildman–Crippen LogP) is 4.10. The molecule has 1 heterocycles. The minimum atomic E-state index is -0.806. The topological polar surface area (TPSA) is 50.4 Å². The van der Waals surface area contributed by atoms with Gasteiger partial charge >= 0.3 is 5.97 Å². The van der Waals surface area contributed by atoms with E-state index in [1.807, 2.05) is 31.2 Å². The van der Waals surface area contributed by atoms with Crippen LogP contribution in [0.25, 0.3) is 11.0 Å². The van der Waals surface area contributed by atoms with E-state index in [1.54, 1.807) is 0 Å². The first kappa shape index (κ1) is 12.7. The first-order chi connectivity index (χ1) is 8.61. The van der Waals surface area contributed by atoms with Gasteiger partial charge in [-0.25, -0.2) is 0 Å². The van der Waals surface area contributed by atoms with Gasteiger partial charge in [0.05, 0.1) is 0 Å². The standard InChI is InChI=1S/C15H18O3/c1-3-4-5-12(15(16)17)14-9-11-8-10(2)6-7-13(11)18-14/h6-9,12H,3-5H2,1-2H3,(H,16,17). The van der Waals surface area contributed by atoms with Gasteiger partial charge in [0.25, 0.3) is 0 Å². The summed E-state index contributed by atoms with van der Waals surface area (Å²) in [6.45, 7) is 4.07. The molecule has 0 aliphatic carbocycles. The van der Waals surface area contributed by atoms with E-state index in [0.29, 0.717) is 12.2 Å². The quantitative estimate of drug-likeness (QED) is 0.864. The van der Waals surface area contributed by atoms with Crippen LogP contribution in [-0.2, 0) is 4.79 Å². The third-order valence-electron chi connectivity index (χ3n) is 3.18. The largest absolute Gasteiger partial charge is 0.481 e. The molecule has 1 aromatic heterocycles. The number of hydrogen-bond donors (Lipinski definition) is 1. The number of carboxylic acids is 1. The highest BCUT2D eigenvalue weighted by Gasteiger charge is 2.23. The average molecular weight is 246 g/mol. The van der Waals surface area contributed by atoms with Crippen molar-refractivity contribution in [1.82, 2.24) is 0 Å². The Morgan fingerprint density at radius 3 is 2.83 bits per heavy atom. The molecule has 0 radical (unpaired) electrons. The Morgan fingerprint density at radius 2 is 2.17 bits per heavy atom. The van der Waals surface area contributed by atoms with Gasteiger partial charge in [-0.3, -0.25) is 4.79 Å². The summed E-state index contributed by atoms with van der Waals surface area (Å²) in [5, 5.41) is 10.3. The molecule has 2 aromatic rings. The molecule has 1 aromatic carbocycles. The molecule has 1 N–H and O–H groups in total. The van der Waals surface area contributed by atoms with Crippen LogP contribution < -0.4 is 0 Å². The zero-order chi connectivity index (χ0) is 13.1. The molecule has 0 saturated carbocycles. The van der Waals surface area contributed by atoms with Crippen LogP contribution in [0.5, 0.6) is 0 Å². The van der Waals surface area contributed by atoms with Gasteiger partial charge in [0.1, 0.15) is 17.3 Å². The van der Waals surface area contributed by atoms with E-state index in [4.69, 9.17) is 4.42 Å². The average Bonchev–Trinajstić information content (AvgIpc) is 2.71. The lowest BCUT2D eigenvalue weighted by molar-refractivity contribution is -0.139. The molecule has 0 bridgehead atoms. The minimum absolute atomic E-state index is 0.530. The number of furan rings is 1. The van der Waals surface area contributed by atoms with Crippen LogP contribution in [0.1, 0.15) is 43.4 Å². The van der Waals surface area contributed by atoms with Crippen molar-refractivity contribution in [2.24, 2.45) is 0 Å². The summed E-state index contributed by atoms with van der Waals surface area (Å²) in [6.07, 6.45) is 2.51. The Bertz CT molecular complexity index is 554. The summed E-state index contributed by atoms with van der Waals surface area (Å²) in [6, 6.07) is 7.74. The molecule has 0 fully saturated rings. The van der Waals surface area contributed by atoms with Crippen LogP contribution in [-0.4, -0.2) is 11.1 Å². The molecule has 2 rings (SSSR count). The maximum atomic E-state index is 11.3. The molecular weight excluding hydrogens is 228 g/mol. The summed E-state index contributed by atoms with van der Waals surface area (Å²) in [7, 11) is 0. The number of rotatable bonds is 5. The van der Waals surface area contributed by atoms with E-state index < -0.39 is 11.9 Å². The summed E-state index contributed by atoms with van der Waals surface area (Å²) >= 11 is 0. The number of aryl methyl sites for hydroxylation is 1. The molecule has 18 heavy (non-hydrogen) atoms. The van der Waals surface area contributed by atoms with Crippen molar-refractivity contribution in [3.05, 3.63) is 35.6 Å². The van der Waals surface area contributed by atoms with E-state index >= 15 is 0 Å². The molecule has 1 unspecified atom stereocenters. The zero-order valence-corrected chi connectivity index (χ0v) is 10.8. The molecule has 3 heteroatoms. The van der Waals surface area contributed by atoms with Gasteiger partial charge in [0.2, 0.25) is 0 Å². The molecule has 0 aliphatic heterocycles. The summed E-state index contributed by atoms with van der Waals surface area (Å²) in [5.41, 5.74) is 1.91. The lowest BCUT2D eigenvalue weighted by atomic mass is 9.99. The summed E-state index contributed by atoms with van der Waals surface area (Å²) in [4.78, 5) is 11.3. The van der Waals surface area contributed by atoms with Crippen LogP contribution in [0.2, 0.25) is 0 Å². The van der Waals surface area contributed by atoms with Crippen LogP contribution in [0, 0.1) is 6.92 Å². The smallest absolute Gasteiger partial charge is 0.314 e. The number of benzene rings is 1. The highest BCUT2D eigenvalue weighted by Crippen LogP contribution is 2.29. The van der Waals surface area contributed by atoms with Crippen LogP contribution >= 0.6 is 0 Å². The first-order valence-corrected chi connectivity index (χ1v) is 6.34. The fourth-order valence-electron chi connectivity index (χ4n) is 2.15. The van der Waals surface area contributed by atoms with Crippen molar-refractivity contribution in [3.63, 3.8) is 0 Å². The van der Waals surface area contributed by atoms with Gasteiger partial charge in [-0.05, 0) is 31.5 Å². The van der Waals surface area contributed by atoms with E-state index in [0.717, 1.165) is 29.4 Å². The lowest BCUT2D eigenvalue weighted by Gasteiger charge is -2.07. The Kier molecular flexibility index (Phi) is 3.70. The second kappa shape index (κ2) is 5.25. The van der Waals surface area contributed by atoms with Crippen molar-refractivity contribution in [2.75, 3.05) is 0 Å². The number of carbonyl (C=O) groups is 1. The van der Waals surface area contributed by atoms with Gasteiger partial charge in [0.15, 0.2) is 0 Å². The molecule has 0 spiro atoms. The maximum absolute atomic E-state index is 11.3. The molecule has 1 atom stereocenters. The molecule has 0 saturated heterocycles. The van der Waals surface area contributed by atoms with Gasteiger partial charge < -0.3 is 9.52 Å². The number of unbranched alkanes of at least 4 members (excludes halogenated alkanes) is 1. The second-order valence-electron chi connectivity index (χ2n) is 4.72. The number of carboxylic acid groups (broad SMARTS) is 1. The zero-order valence-electron chi connectivity index (χ0n) is 10.8. The van der Waals surface area contributed by atoms with Gasteiger partial charge in [-0.2, -0.15) is 0 Å². The van der Waals surface area contributed by atoms with Crippen molar-refractivity contribution in [3.8, 4) is 0 Å². The van der Waals surface area contributed by atoms with Crippen LogP contribution in [0.15, 0.2) is 28.7 Å². The van der Waals surface area contributed by atoms with Gasteiger partial charge in [-0.15, -0.1) is 0 Å². The summed E-state index contributed by atoms with van der Waals surface area (Å²) in [5.74, 6) is -0.770. The fourth-order valence-corrected chi connectivity index (χ4v) is 2.15. The molecule has 3 nitrogen and oxygen atoms in total. The Labute approximate surface area is 106 Å². The lowest BCUT2D eigenvalue weighted by Crippen LogP contribution is -2.10. The summed E-state index contributed by atoms with van der Waals surface area (Å²) < 4.78 is 5.66. The van der Waals surface area contributed by atoms with Crippen LogP contribution in [0.3, 0.4) is 0 Å². The van der Waals surface area contributed by atoms with Gasteiger partial charge in [0, 0.05) is 5.39 Å². The number of fused-ring (bicyclic) bond motifs is 1. The molecular formula is C15H18O3. The van der Waals surface area contributed by atoms with E-state index in [9.17, 15) is 9.90 Å². The maximum Gasteiger partial charge on any atom is 0.314 e. The third kappa shape index (κ3) is 2.55. The van der Waals surface area contributed by atoms with Crippen molar-refractivity contribution in [2.45, 2.75) is 39.0 Å². The van der Waals surface area contributed by atoms with E-state index in [1.165, 1.54) is 0 Å². The van der Waals surface area contributed by atoms with Crippen molar-refractivity contribution in [1.29, 1.82) is 0 Å².